The number of nitrogens with zero attached hydrogens (tertiary/aromatic N) is 2. The molecule has 1 saturated carbocycles. The molecule has 1 heterocycles. The van der Waals surface area contributed by atoms with E-state index in [0.717, 1.165) is 11.6 Å². The van der Waals surface area contributed by atoms with Crippen LogP contribution in [-0.2, 0) is 12.0 Å². The summed E-state index contributed by atoms with van der Waals surface area (Å²) in [5, 5.41) is 4.00. The normalized spacial score (nSPS) is 15.3. The summed E-state index contributed by atoms with van der Waals surface area (Å²) in [5.74, 6) is 2.77. The van der Waals surface area contributed by atoms with Gasteiger partial charge in [-0.25, -0.2) is 0 Å². The van der Waals surface area contributed by atoms with Crippen molar-refractivity contribution in [2.75, 3.05) is 0 Å². The Labute approximate surface area is 119 Å². The van der Waals surface area contributed by atoms with Gasteiger partial charge in [0.25, 0.3) is 5.89 Å². The van der Waals surface area contributed by atoms with Crippen molar-refractivity contribution in [2.24, 2.45) is 0 Å². The van der Waals surface area contributed by atoms with E-state index in [9.17, 15) is 0 Å². The van der Waals surface area contributed by atoms with Crippen molar-refractivity contribution < 1.29 is 9.26 Å². The fourth-order valence-corrected chi connectivity index (χ4v) is 2.19. The molecule has 1 aliphatic rings. The van der Waals surface area contributed by atoms with E-state index in [1.54, 1.807) is 0 Å². The number of rotatable bonds is 4. The molecular formula is C16H20N2O2. The molecule has 3 rings (SSSR count). The van der Waals surface area contributed by atoms with E-state index in [1.165, 1.54) is 18.4 Å². The molecule has 0 saturated heterocycles. The number of aromatic nitrogens is 2. The lowest BCUT2D eigenvalue weighted by atomic mass is 9.86. The van der Waals surface area contributed by atoms with Gasteiger partial charge in [0.15, 0.2) is 12.4 Å². The lowest BCUT2D eigenvalue weighted by Gasteiger charge is -2.22. The molecule has 106 valence electrons. The zero-order valence-corrected chi connectivity index (χ0v) is 12.2. The average Bonchev–Trinajstić information content (AvgIpc) is 3.15. The van der Waals surface area contributed by atoms with E-state index in [1.807, 2.05) is 18.2 Å². The molecule has 0 unspecified atom stereocenters. The van der Waals surface area contributed by atoms with E-state index in [-0.39, 0.29) is 5.41 Å². The van der Waals surface area contributed by atoms with Crippen molar-refractivity contribution in [3.05, 3.63) is 41.5 Å². The lowest BCUT2D eigenvalue weighted by molar-refractivity contribution is 0.238. The largest absolute Gasteiger partial charge is 0.483 e. The van der Waals surface area contributed by atoms with Crippen molar-refractivity contribution >= 4 is 0 Å². The van der Waals surface area contributed by atoms with Gasteiger partial charge in [-0.2, -0.15) is 4.98 Å². The summed E-state index contributed by atoms with van der Waals surface area (Å²) >= 11 is 0. The van der Waals surface area contributed by atoms with Gasteiger partial charge in [-0.3, -0.25) is 0 Å². The van der Waals surface area contributed by atoms with Crippen LogP contribution in [0.1, 0.15) is 56.8 Å². The Hall–Kier alpha value is -1.84. The van der Waals surface area contributed by atoms with Crippen LogP contribution >= 0.6 is 0 Å². The first-order chi connectivity index (χ1) is 9.54. The second kappa shape index (κ2) is 4.93. The minimum atomic E-state index is 0.0462. The van der Waals surface area contributed by atoms with Gasteiger partial charge in [0, 0.05) is 5.92 Å². The smallest absolute Gasteiger partial charge is 0.264 e. The first-order valence-electron chi connectivity index (χ1n) is 7.09. The maximum Gasteiger partial charge on any atom is 0.264 e. The third-order valence-electron chi connectivity index (χ3n) is 3.47. The van der Waals surface area contributed by atoms with E-state index in [4.69, 9.17) is 9.26 Å². The standard InChI is InChI=1S/C16H20N2O2/c1-16(2,3)12-6-4-5-7-13(12)19-10-14-17-15(18-20-14)11-8-9-11/h4-7,11H,8-10H2,1-3H3. The lowest BCUT2D eigenvalue weighted by Crippen LogP contribution is -2.13. The maximum absolute atomic E-state index is 5.87. The fourth-order valence-electron chi connectivity index (χ4n) is 2.19. The third-order valence-corrected chi connectivity index (χ3v) is 3.47. The SMILES string of the molecule is CC(C)(C)c1ccccc1OCc1nc(C2CC2)no1. The van der Waals surface area contributed by atoms with E-state index < -0.39 is 0 Å². The molecule has 20 heavy (non-hydrogen) atoms. The molecule has 0 bridgehead atoms. The van der Waals surface area contributed by atoms with Crippen molar-refractivity contribution in [1.82, 2.24) is 10.1 Å². The van der Waals surface area contributed by atoms with Gasteiger partial charge < -0.3 is 9.26 Å². The molecule has 0 radical (unpaired) electrons. The highest BCUT2D eigenvalue weighted by Crippen LogP contribution is 2.38. The average molecular weight is 272 g/mol. The number of hydrogen-bond acceptors (Lipinski definition) is 4. The number of ether oxygens (including phenoxy) is 1. The Morgan fingerprint density at radius 1 is 1.25 bits per heavy atom. The van der Waals surface area contributed by atoms with Gasteiger partial charge >= 0.3 is 0 Å². The zero-order valence-electron chi connectivity index (χ0n) is 12.2. The highest BCUT2D eigenvalue weighted by molar-refractivity contribution is 5.38. The van der Waals surface area contributed by atoms with E-state index in [2.05, 4.69) is 37.0 Å². The van der Waals surface area contributed by atoms with Crippen LogP contribution in [0.4, 0.5) is 0 Å². The quantitative estimate of drug-likeness (QED) is 0.848. The summed E-state index contributed by atoms with van der Waals surface area (Å²) in [5.41, 5.74) is 1.23. The summed E-state index contributed by atoms with van der Waals surface area (Å²) in [4.78, 5) is 4.38. The van der Waals surface area contributed by atoms with Crippen LogP contribution in [0.25, 0.3) is 0 Å². The number of hydrogen-bond donors (Lipinski definition) is 0. The van der Waals surface area contributed by atoms with Gasteiger partial charge in [-0.05, 0) is 29.9 Å². The number of para-hydroxylation sites is 1. The second-order valence-corrected chi connectivity index (χ2v) is 6.36. The molecule has 0 aliphatic heterocycles. The fraction of sp³-hybridized carbons (Fsp3) is 0.500. The Kier molecular flexibility index (Phi) is 3.24. The molecule has 1 aliphatic carbocycles. The Morgan fingerprint density at radius 3 is 2.70 bits per heavy atom. The van der Waals surface area contributed by atoms with Crippen molar-refractivity contribution in [3.8, 4) is 5.75 Å². The molecule has 1 fully saturated rings. The molecule has 0 N–H and O–H groups in total. The van der Waals surface area contributed by atoms with Crippen LogP contribution in [0.3, 0.4) is 0 Å². The summed E-state index contributed by atoms with van der Waals surface area (Å²) in [6.07, 6.45) is 2.35. The predicted octanol–water partition coefficient (Wildman–Crippen LogP) is 3.82. The van der Waals surface area contributed by atoms with Gasteiger partial charge in [0.05, 0.1) is 0 Å². The first-order valence-corrected chi connectivity index (χ1v) is 7.09. The minimum Gasteiger partial charge on any atom is -0.483 e. The van der Waals surface area contributed by atoms with Crippen LogP contribution in [0.15, 0.2) is 28.8 Å². The van der Waals surface area contributed by atoms with E-state index >= 15 is 0 Å². The van der Waals surface area contributed by atoms with Gasteiger partial charge in [0.1, 0.15) is 5.75 Å². The molecule has 1 aromatic heterocycles. The minimum absolute atomic E-state index is 0.0462. The highest BCUT2D eigenvalue weighted by atomic mass is 16.5. The molecule has 2 aromatic rings. The van der Waals surface area contributed by atoms with Crippen LogP contribution in [0.2, 0.25) is 0 Å². The Balaban J connectivity index is 1.71. The Morgan fingerprint density at radius 2 is 2.00 bits per heavy atom. The van der Waals surface area contributed by atoms with Crippen LogP contribution in [-0.4, -0.2) is 10.1 Å². The predicted molar refractivity (Wildman–Crippen MR) is 75.7 cm³/mol. The van der Waals surface area contributed by atoms with Gasteiger partial charge in [-0.15, -0.1) is 0 Å². The van der Waals surface area contributed by atoms with Crippen LogP contribution in [0.5, 0.6) is 5.75 Å². The number of benzene rings is 1. The molecule has 0 spiro atoms. The first kappa shape index (κ1) is 13.2. The zero-order chi connectivity index (χ0) is 14.2. The molecule has 1 aromatic carbocycles. The monoisotopic (exact) mass is 272 g/mol. The van der Waals surface area contributed by atoms with Gasteiger partial charge in [-0.1, -0.05) is 44.1 Å². The second-order valence-electron chi connectivity index (χ2n) is 6.36. The third kappa shape index (κ3) is 2.84. The summed E-state index contributed by atoms with van der Waals surface area (Å²) in [6, 6.07) is 8.09. The topological polar surface area (TPSA) is 48.2 Å². The van der Waals surface area contributed by atoms with Crippen molar-refractivity contribution in [2.45, 2.75) is 51.6 Å². The Bertz CT molecular complexity index is 595. The van der Waals surface area contributed by atoms with Crippen LogP contribution in [0, 0.1) is 0 Å². The van der Waals surface area contributed by atoms with E-state index in [0.29, 0.717) is 18.4 Å². The molecular weight excluding hydrogens is 252 g/mol. The molecule has 4 heteroatoms. The highest BCUT2D eigenvalue weighted by Gasteiger charge is 2.28. The van der Waals surface area contributed by atoms with Crippen LogP contribution < -0.4 is 4.74 Å². The summed E-state index contributed by atoms with van der Waals surface area (Å²) < 4.78 is 11.1. The maximum atomic E-state index is 5.87. The molecule has 0 atom stereocenters. The molecule has 0 amide bonds. The summed E-state index contributed by atoms with van der Waals surface area (Å²) in [6.45, 7) is 6.85. The molecule has 4 nitrogen and oxygen atoms in total. The summed E-state index contributed by atoms with van der Waals surface area (Å²) in [7, 11) is 0. The van der Waals surface area contributed by atoms with Crippen molar-refractivity contribution in [3.63, 3.8) is 0 Å². The van der Waals surface area contributed by atoms with Gasteiger partial charge in [0.2, 0.25) is 0 Å². The van der Waals surface area contributed by atoms with Crippen molar-refractivity contribution in [1.29, 1.82) is 0 Å².